The number of benzene rings is 3. The minimum absolute atomic E-state index is 0.106. The van der Waals surface area contributed by atoms with Gasteiger partial charge in [-0.25, -0.2) is 9.97 Å². The van der Waals surface area contributed by atoms with Gasteiger partial charge in [0, 0.05) is 18.5 Å². The second kappa shape index (κ2) is 7.59. The predicted octanol–water partition coefficient (Wildman–Crippen LogP) is 4.15. The maximum Gasteiger partial charge on any atom is 0.273 e. The predicted molar refractivity (Wildman–Crippen MR) is 118 cm³/mol. The zero-order valence-electron chi connectivity index (χ0n) is 16.6. The third kappa shape index (κ3) is 3.50. The molecule has 5 heteroatoms. The number of amides is 1. The number of aryl methyl sites for hydroxylation is 2. The first-order chi connectivity index (χ1) is 14.7. The van der Waals surface area contributed by atoms with Crippen molar-refractivity contribution in [3.05, 3.63) is 101 Å². The Bertz CT molecular complexity index is 1210. The van der Waals surface area contributed by atoms with Gasteiger partial charge in [0.15, 0.2) is 0 Å². The van der Waals surface area contributed by atoms with Crippen molar-refractivity contribution in [1.82, 2.24) is 14.9 Å². The highest BCUT2D eigenvalue weighted by Gasteiger charge is 2.26. The summed E-state index contributed by atoms with van der Waals surface area (Å²) in [6.45, 7) is 1.18. The van der Waals surface area contributed by atoms with Crippen LogP contribution >= 0.6 is 0 Å². The molecule has 0 unspecified atom stereocenters. The van der Waals surface area contributed by atoms with Crippen molar-refractivity contribution in [2.24, 2.45) is 0 Å². The van der Waals surface area contributed by atoms with Crippen molar-refractivity contribution >= 4 is 22.8 Å². The van der Waals surface area contributed by atoms with Crippen molar-refractivity contribution in [1.29, 1.82) is 0 Å². The van der Waals surface area contributed by atoms with Crippen LogP contribution in [0.5, 0.6) is 0 Å². The Balaban J connectivity index is 1.46. The Morgan fingerprint density at radius 3 is 2.23 bits per heavy atom. The molecule has 5 nitrogen and oxygen atoms in total. The lowest BCUT2D eigenvalue weighted by molar-refractivity contribution is 0.0747. The van der Waals surface area contributed by atoms with Gasteiger partial charge >= 0.3 is 0 Å². The summed E-state index contributed by atoms with van der Waals surface area (Å²) in [5, 5.41) is 0.760. The third-order valence-corrected chi connectivity index (χ3v) is 5.65. The molecule has 2 N–H and O–H groups in total. The highest BCUT2D eigenvalue weighted by Crippen LogP contribution is 2.27. The summed E-state index contributed by atoms with van der Waals surface area (Å²) < 4.78 is 0. The molecule has 1 aromatic heterocycles. The van der Waals surface area contributed by atoms with Crippen LogP contribution in [0.4, 0.5) is 5.95 Å². The van der Waals surface area contributed by atoms with Gasteiger partial charge in [-0.05, 0) is 47.2 Å². The number of nitrogens with two attached hydrogens (primary N) is 1. The van der Waals surface area contributed by atoms with Crippen molar-refractivity contribution in [3.63, 3.8) is 0 Å². The molecule has 0 saturated heterocycles. The molecule has 1 aliphatic heterocycles. The second-order valence-corrected chi connectivity index (χ2v) is 7.70. The van der Waals surface area contributed by atoms with Crippen LogP contribution < -0.4 is 5.73 Å². The maximum atomic E-state index is 13.4. The molecule has 148 valence electrons. The number of hydrogen-bond acceptors (Lipinski definition) is 4. The summed E-state index contributed by atoms with van der Waals surface area (Å²) in [6.07, 6.45) is 1.82. The fourth-order valence-corrected chi connectivity index (χ4v) is 4.07. The van der Waals surface area contributed by atoms with E-state index in [9.17, 15) is 4.79 Å². The largest absolute Gasteiger partial charge is 0.368 e. The molecule has 3 aromatic carbocycles. The maximum absolute atomic E-state index is 13.4. The van der Waals surface area contributed by atoms with E-state index < -0.39 is 0 Å². The van der Waals surface area contributed by atoms with E-state index in [2.05, 4.69) is 52.4 Å². The average molecular weight is 394 g/mol. The smallest absolute Gasteiger partial charge is 0.273 e. The zero-order valence-corrected chi connectivity index (χ0v) is 16.6. The number of nitrogens with zero attached hydrogens (tertiary/aromatic N) is 3. The lowest BCUT2D eigenvalue weighted by Gasteiger charge is -2.16. The molecule has 0 aliphatic carbocycles. The normalized spacial score (nSPS) is 12.9. The Morgan fingerprint density at radius 2 is 1.50 bits per heavy atom. The number of fused-ring (bicyclic) bond motifs is 2. The third-order valence-electron chi connectivity index (χ3n) is 5.65. The highest BCUT2D eigenvalue weighted by molar-refractivity contribution is 6.05. The van der Waals surface area contributed by atoms with E-state index in [1.54, 1.807) is 0 Å². The van der Waals surface area contributed by atoms with E-state index in [4.69, 9.17) is 5.73 Å². The van der Waals surface area contributed by atoms with Gasteiger partial charge < -0.3 is 10.6 Å². The van der Waals surface area contributed by atoms with Crippen molar-refractivity contribution in [3.8, 4) is 0 Å². The van der Waals surface area contributed by atoms with Gasteiger partial charge in [0.2, 0.25) is 5.95 Å². The summed E-state index contributed by atoms with van der Waals surface area (Å²) in [7, 11) is 0. The van der Waals surface area contributed by atoms with E-state index in [1.165, 1.54) is 16.7 Å². The molecule has 0 radical (unpaired) electrons. The molecule has 5 rings (SSSR count). The minimum Gasteiger partial charge on any atom is -0.368 e. The summed E-state index contributed by atoms with van der Waals surface area (Å²) in [4.78, 5) is 23.9. The van der Waals surface area contributed by atoms with Gasteiger partial charge in [-0.1, -0.05) is 60.7 Å². The Kier molecular flexibility index (Phi) is 4.64. The molecule has 0 saturated carbocycles. The molecule has 30 heavy (non-hydrogen) atoms. The summed E-state index contributed by atoms with van der Waals surface area (Å²) in [5.74, 6) is 0.0186. The molecule has 0 bridgehead atoms. The van der Waals surface area contributed by atoms with Crippen molar-refractivity contribution < 1.29 is 4.79 Å². The minimum atomic E-state index is -0.106. The topological polar surface area (TPSA) is 72.1 Å². The fraction of sp³-hybridized carbons (Fsp3) is 0.160. The average Bonchev–Trinajstić information content (AvgIpc) is 3.22. The van der Waals surface area contributed by atoms with Crippen LogP contribution in [0.3, 0.4) is 0 Å². The van der Waals surface area contributed by atoms with Crippen LogP contribution in [0.25, 0.3) is 10.9 Å². The van der Waals surface area contributed by atoms with Crippen LogP contribution in [0, 0.1) is 0 Å². The first-order valence-corrected chi connectivity index (χ1v) is 10.1. The lowest BCUT2D eigenvalue weighted by Crippen LogP contribution is -2.27. The number of rotatable bonds is 4. The van der Waals surface area contributed by atoms with E-state index in [0.717, 1.165) is 23.8 Å². The van der Waals surface area contributed by atoms with Crippen LogP contribution in [0.15, 0.2) is 72.8 Å². The Morgan fingerprint density at radius 1 is 0.833 bits per heavy atom. The van der Waals surface area contributed by atoms with E-state index in [0.29, 0.717) is 24.3 Å². The fourth-order valence-electron chi connectivity index (χ4n) is 4.07. The second-order valence-electron chi connectivity index (χ2n) is 7.70. The summed E-state index contributed by atoms with van der Waals surface area (Å²) in [5.41, 5.74) is 11.8. The molecule has 1 aliphatic rings. The van der Waals surface area contributed by atoms with Gasteiger partial charge in [-0.3, -0.25) is 4.79 Å². The van der Waals surface area contributed by atoms with E-state index in [1.807, 2.05) is 35.2 Å². The zero-order chi connectivity index (χ0) is 20.5. The quantitative estimate of drug-likeness (QED) is 0.564. The van der Waals surface area contributed by atoms with E-state index >= 15 is 0 Å². The molecule has 4 aromatic rings. The number of aromatic nitrogens is 2. The standard InChI is InChI=1S/C25H22N4O/c26-25-27-22-13-12-18(11-10-17-6-2-1-3-7-17)14-21(22)23(28-25)24(30)29-15-19-8-4-5-9-20(19)16-29/h1-9,12-14H,10-11,15-16H2,(H2,26,27,28). The SMILES string of the molecule is Nc1nc(C(=O)N2Cc3ccccc3C2)c2cc(CCc3ccccc3)ccc2n1. The molecular formula is C25H22N4O. The number of nitrogen functional groups attached to an aromatic ring is 1. The molecular weight excluding hydrogens is 372 g/mol. The van der Waals surface area contributed by atoms with Gasteiger partial charge in [-0.2, -0.15) is 0 Å². The monoisotopic (exact) mass is 394 g/mol. The number of anilines is 1. The van der Waals surface area contributed by atoms with Crippen LogP contribution in [-0.4, -0.2) is 20.8 Å². The van der Waals surface area contributed by atoms with Crippen LogP contribution in [0.2, 0.25) is 0 Å². The molecule has 1 amide bonds. The first-order valence-electron chi connectivity index (χ1n) is 10.1. The molecule has 0 spiro atoms. The van der Waals surface area contributed by atoms with Crippen molar-refractivity contribution in [2.75, 3.05) is 5.73 Å². The highest BCUT2D eigenvalue weighted by atomic mass is 16.2. The van der Waals surface area contributed by atoms with Gasteiger partial charge in [-0.15, -0.1) is 0 Å². The molecule has 0 atom stereocenters. The van der Waals surface area contributed by atoms with Gasteiger partial charge in [0.1, 0.15) is 5.69 Å². The Hall–Kier alpha value is -3.73. The summed E-state index contributed by atoms with van der Waals surface area (Å²) in [6, 6.07) is 24.6. The number of carbonyl (C=O) groups is 1. The summed E-state index contributed by atoms with van der Waals surface area (Å²) >= 11 is 0. The molecule has 2 heterocycles. The first kappa shape index (κ1) is 18.3. The van der Waals surface area contributed by atoms with Crippen LogP contribution in [0.1, 0.15) is 32.7 Å². The number of carbonyl (C=O) groups excluding carboxylic acids is 1. The Labute approximate surface area is 175 Å². The number of hydrogen-bond donors (Lipinski definition) is 1. The lowest BCUT2D eigenvalue weighted by atomic mass is 10.0. The molecule has 0 fully saturated rings. The van der Waals surface area contributed by atoms with Gasteiger partial charge in [0.25, 0.3) is 5.91 Å². The van der Waals surface area contributed by atoms with Crippen molar-refractivity contribution in [2.45, 2.75) is 25.9 Å². The van der Waals surface area contributed by atoms with Gasteiger partial charge in [0.05, 0.1) is 5.52 Å². The van der Waals surface area contributed by atoms with Crippen LogP contribution in [-0.2, 0) is 25.9 Å². The van der Waals surface area contributed by atoms with E-state index in [-0.39, 0.29) is 11.9 Å².